The number of aromatic nitrogens is 4. The number of carbonyl (C=O) groups is 4. The largest absolute Gasteiger partial charge is 0.354 e. The summed E-state index contributed by atoms with van der Waals surface area (Å²) in [6, 6.07) is 3.25. The molecule has 42 heavy (non-hydrogen) atoms. The molecule has 1 aliphatic heterocycles. The standard InChI is InChI=1S/C29H38N8O5/c1-18(2)10-14-37-19-8-9-22-21(15-19)25(32-35(22)4)28(40)34(3)16-23(38)30-12-6-13-36(17-24(37)39)29(41)26-20-7-5-11-31-27(20)33-42-26/h5,7,11,18-19H,6,8-10,12-17H2,1-4H3,(H,30,38). The number of fused-ring (bicyclic) bond motifs is 2. The summed E-state index contributed by atoms with van der Waals surface area (Å²) in [7, 11) is 3.40. The van der Waals surface area contributed by atoms with Crippen molar-refractivity contribution in [3.8, 4) is 0 Å². The Morgan fingerprint density at radius 1 is 1.19 bits per heavy atom. The molecule has 0 saturated carbocycles. The fraction of sp³-hybridized carbons (Fsp3) is 0.552. The fourth-order valence-electron chi connectivity index (χ4n) is 5.73. The van der Waals surface area contributed by atoms with E-state index in [1.54, 1.807) is 30.1 Å². The summed E-state index contributed by atoms with van der Waals surface area (Å²) in [4.78, 5) is 62.7. The van der Waals surface area contributed by atoms with Gasteiger partial charge in [0.2, 0.25) is 23.2 Å². The van der Waals surface area contributed by atoms with Crippen LogP contribution >= 0.6 is 0 Å². The molecule has 0 fully saturated rings. The second-order valence-electron chi connectivity index (χ2n) is 11.5. The average Bonchev–Trinajstić information content (AvgIpc) is 3.54. The molecule has 5 rings (SSSR count). The topological polar surface area (TPSA) is 147 Å². The Hall–Kier alpha value is -4.29. The minimum atomic E-state index is -0.457. The Kier molecular flexibility index (Phi) is 8.55. The molecule has 1 aliphatic carbocycles. The van der Waals surface area contributed by atoms with E-state index in [1.807, 2.05) is 11.9 Å². The summed E-state index contributed by atoms with van der Waals surface area (Å²) in [6.45, 7) is 4.96. The maximum atomic E-state index is 14.1. The number of likely N-dealkylation sites (N-methyl/N-ethyl adjacent to an activating group) is 1. The third kappa shape index (κ3) is 6.00. The lowest BCUT2D eigenvalue weighted by Gasteiger charge is -2.36. The van der Waals surface area contributed by atoms with E-state index in [-0.39, 0.29) is 55.7 Å². The fourth-order valence-corrected chi connectivity index (χ4v) is 5.73. The van der Waals surface area contributed by atoms with Gasteiger partial charge in [0, 0.05) is 57.2 Å². The van der Waals surface area contributed by atoms with Crippen LogP contribution in [-0.2, 0) is 29.5 Å². The van der Waals surface area contributed by atoms with Gasteiger partial charge in [0.15, 0.2) is 5.69 Å². The lowest BCUT2D eigenvalue weighted by atomic mass is 9.89. The number of pyridine rings is 1. The van der Waals surface area contributed by atoms with Gasteiger partial charge in [-0.3, -0.25) is 23.9 Å². The van der Waals surface area contributed by atoms with Crippen LogP contribution in [0.5, 0.6) is 0 Å². The van der Waals surface area contributed by atoms with Crippen LogP contribution in [-0.4, -0.2) is 104 Å². The zero-order valence-electron chi connectivity index (χ0n) is 24.6. The molecule has 224 valence electrons. The number of nitrogens with one attached hydrogen (secondary N) is 1. The highest BCUT2D eigenvalue weighted by Crippen LogP contribution is 2.29. The molecule has 0 spiro atoms. The monoisotopic (exact) mass is 578 g/mol. The highest BCUT2D eigenvalue weighted by atomic mass is 16.5. The van der Waals surface area contributed by atoms with Crippen molar-refractivity contribution in [2.75, 3.05) is 39.8 Å². The van der Waals surface area contributed by atoms with Gasteiger partial charge in [-0.15, -0.1) is 0 Å². The number of hydrogen-bond donors (Lipinski definition) is 1. The molecule has 1 N–H and O–H groups in total. The van der Waals surface area contributed by atoms with Crippen LogP contribution in [0, 0.1) is 5.92 Å². The molecule has 13 nitrogen and oxygen atoms in total. The van der Waals surface area contributed by atoms with Crippen LogP contribution in [0.3, 0.4) is 0 Å². The van der Waals surface area contributed by atoms with Crippen molar-refractivity contribution in [1.29, 1.82) is 0 Å². The third-order valence-corrected chi connectivity index (χ3v) is 8.06. The molecule has 0 saturated heterocycles. The van der Waals surface area contributed by atoms with E-state index in [1.165, 1.54) is 9.80 Å². The zero-order chi connectivity index (χ0) is 30.0. The summed E-state index contributed by atoms with van der Waals surface area (Å²) in [5.74, 6) is -0.871. The molecular weight excluding hydrogens is 540 g/mol. The Morgan fingerprint density at radius 2 is 2.00 bits per heavy atom. The second kappa shape index (κ2) is 12.3. The van der Waals surface area contributed by atoms with Crippen molar-refractivity contribution in [3.05, 3.63) is 41.0 Å². The van der Waals surface area contributed by atoms with Crippen LogP contribution in [0.1, 0.15) is 65.4 Å². The zero-order valence-corrected chi connectivity index (χ0v) is 24.6. The Labute approximate surface area is 244 Å². The van der Waals surface area contributed by atoms with Crippen molar-refractivity contribution in [3.63, 3.8) is 0 Å². The molecule has 1 unspecified atom stereocenters. The molecule has 4 amide bonds. The highest BCUT2D eigenvalue weighted by Gasteiger charge is 2.35. The molecule has 3 aromatic heterocycles. The summed E-state index contributed by atoms with van der Waals surface area (Å²) >= 11 is 0. The molecule has 0 radical (unpaired) electrons. The van der Waals surface area contributed by atoms with E-state index in [9.17, 15) is 19.2 Å². The van der Waals surface area contributed by atoms with Gasteiger partial charge in [0.05, 0.1) is 11.9 Å². The normalized spacial score (nSPS) is 19.1. The van der Waals surface area contributed by atoms with Gasteiger partial charge in [-0.25, -0.2) is 4.98 Å². The van der Waals surface area contributed by atoms with Gasteiger partial charge in [-0.05, 0) is 50.2 Å². The maximum absolute atomic E-state index is 14.1. The molecule has 4 heterocycles. The third-order valence-electron chi connectivity index (χ3n) is 8.06. The highest BCUT2D eigenvalue weighted by molar-refractivity contribution is 6.03. The van der Waals surface area contributed by atoms with Crippen LogP contribution in [0.4, 0.5) is 0 Å². The van der Waals surface area contributed by atoms with Crippen molar-refractivity contribution < 1.29 is 23.7 Å². The maximum Gasteiger partial charge on any atom is 0.293 e. The summed E-state index contributed by atoms with van der Waals surface area (Å²) < 4.78 is 7.13. The van der Waals surface area contributed by atoms with Crippen LogP contribution in [0.25, 0.3) is 11.0 Å². The number of hydrogen-bond acceptors (Lipinski definition) is 8. The first-order valence-electron chi connectivity index (χ1n) is 14.5. The van der Waals surface area contributed by atoms with Crippen molar-refractivity contribution in [1.82, 2.24) is 39.9 Å². The number of aryl methyl sites for hydroxylation is 1. The number of amides is 4. The summed E-state index contributed by atoms with van der Waals surface area (Å²) in [5.41, 5.74) is 2.41. The Balaban J connectivity index is 1.49. The van der Waals surface area contributed by atoms with Crippen molar-refractivity contribution in [2.45, 2.75) is 52.0 Å². The molecule has 2 aliphatic rings. The van der Waals surface area contributed by atoms with Crippen LogP contribution in [0.2, 0.25) is 0 Å². The lowest BCUT2D eigenvalue weighted by Crippen LogP contribution is -2.50. The number of carbonyl (C=O) groups excluding carboxylic acids is 4. The smallest absolute Gasteiger partial charge is 0.293 e. The predicted molar refractivity (Wildman–Crippen MR) is 152 cm³/mol. The van der Waals surface area contributed by atoms with Gasteiger partial charge >= 0.3 is 0 Å². The van der Waals surface area contributed by atoms with Gasteiger partial charge < -0.3 is 24.5 Å². The molecule has 2 bridgehead atoms. The van der Waals surface area contributed by atoms with E-state index in [4.69, 9.17) is 4.52 Å². The minimum absolute atomic E-state index is 0.0283. The van der Waals surface area contributed by atoms with Crippen LogP contribution in [0.15, 0.2) is 22.9 Å². The molecule has 3 aromatic rings. The summed E-state index contributed by atoms with van der Waals surface area (Å²) in [5, 5.41) is 11.7. The SMILES string of the molecule is CC(C)CCN1C(=O)CN(C(=O)c2onc3ncccc23)CCCNC(=O)CN(C)C(=O)c2nn(C)c3c2CC1CC3. The van der Waals surface area contributed by atoms with Crippen molar-refractivity contribution >= 4 is 34.7 Å². The van der Waals surface area contributed by atoms with E-state index in [2.05, 4.69) is 34.4 Å². The first-order valence-corrected chi connectivity index (χ1v) is 14.5. The molecule has 0 aromatic carbocycles. The van der Waals surface area contributed by atoms with Crippen LogP contribution < -0.4 is 5.32 Å². The van der Waals surface area contributed by atoms with Crippen molar-refractivity contribution in [2.24, 2.45) is 13.0 Å². The van der Waals surface area contributed by atoms with E-state index < -0.39 is 5.91 Å². The molecule has 13 heteroatoms. The molecule has 1 atom stereocenters. The van der Waals surface area contributed by atoms with Gasteiger partial charge in [0.1, 0.15) is 6.54 Å². The quantitative estimate of drug-likeness (QED) is 0.489. The first kappa shape index (κ1) is 29.2. The van der Waals surface area contributed by atoms with Gasteiger partial charge in [-0.1, -0.05) is 19.0 Å². The Morgan fingerprint density at radius 3 is 2.79 bits per heavy atom. The lowest BCUT2D eigenvalue weighted by molar-refractivity contribution is -0.134. The van der Waals surface area contributed by atoms with Gasteiger partial charge in [0.25, 0.3) is 11.8 Å². The minimum Gasteiger partial charge on any atom is -0.354 e. The number of nitrogens with zero attached hydrogens (tertiary/aromatic N) is 7. The summed E-state index contributed by atoms with van der Waals surface area (Å²) in [6.07, 6.45) is 4.62. The second-order valence-corrected chi connectivity index (χ2v) is 11.5. The predicted octanol–water partition coefficient (Wildman–Crippen LogP) is 1.42. The van der Waals surface area contributed by atoms with E-state index in [0.29, 0.717) is 54.9 Å². The van der Waals surface area contributed by atoms with E-state index >= 15 is 0 Å². The van der Waals surface area contributed by atoms with E-state index in [0.717, 1.165) is 17.7 Å². The molecular formula is C29H38N8O5. The average molecular weight is 579 g/mol. The number of rotatable bonds is 4. The van der Waals surface area contributed by atoms with Gasteiger partial charge in [-0.2, -0.15) is 5.10 Å². The first-order chi connectivity index (χ1) is 20.1. The Bertz CT molecular complexity index is 1490.